The molecule has 1 fully saturated rings. The van der Waals surface area contributed by atoms with Gasteiger partial charge in [-0.1, -0.05) is 6.92 Å². The maximum atomic E-state index is 12.5. The monoisotopic (exact) mass is 320 g/mol. The summed E-state index contributed by atoms with van der Waals surface area (Å²) in [7, 11) is 0. The van der Waals surface area contributed by atoms with E-state index in [1.807, 2.05) is 0 Å². The number of likely N-dealkylation sites (N-methyl/N-ethyl adjacent to an activating group) is 1. The van der Waals surface area contributed by atoms with Gasteiger partial charge in [0.05, 0.1) is 23.0 Å². The van der Waals surface area contributed by atoms with Gasteiger partial charge in [0.2, 0.25) is 5.91 Å². The first-order chi connectivity index (χ1) is 14.2. The van der Waals surface area contributed by atoms with Gasteiger partial charge in [-0.3, -0.25) is 4.79 Å². The fraction of sp³-hybridized carbons (Fsp3) is 0.500. The number of carbonyl (C=O) groups is 1. The number of fused-ring (bicyclic) bond motifs is 1. The lowest BCUT2D eigenvalue weighted by atomic mass is 9.92. The van der Waals surface area contributed by atoms with Crippen LogP contribution in [-0.4, -0.2) is 51.8 Å². The lowest BCUT2D eigenvalue weighted by Crippen LogP contribution is -2.52. The van der Waals surface area contributed by atoms with Gasteiger partial charge >= 0.3 is 0 Å². The summed E-state index contributed by atoms with van der Waals surface area (Å²) < 4.78 is 65.4. The van der Waals surface area contributed by atoms with E-state index in [0.717, 1.165) is 11.2 Å². The molecule has 2 aromatic heterocycles. The van der Waals surface area contributed by atoms with Crippen LogP contribution in [0.3, 0.4) is 0 Å². The fourth-order valence-electron chi connectivity index (χ4n) is 2.50. The number of amides is 1. The predicted octanol–water partition coefficient (Wildman–Crippen LogP) is 1.54. The van der Waals surface area contributed by atoms with E-state index >= 15 is 0 Å². The molecule has 0 aliphatic carbocycles. The molecule has 0 spiro atoms. The highest BCUT2D eigenvalue weighted by atomic mass is 16.2. The Bertz CT molecular complexity index is 1060. The molecule has 120 valence electrons. The normalized spacial score (nSPS) is 33.8. The summed E-state index contributed by atoms with van der Waals surface area (Å²) in [6.45, 7) is -2.43. The second kappa shape index (κ2) is 6.24. The van der Waals surface area contributed by atoms with Crippen LogP contribution < -0.4 is 4.90 Å². The van der Waals surface area contributed by atoms with Crippen molar-refractivity contribution in [1.29, 1.82) is 5.26 Å². The van der Waals surface area contributed by atoms with E-state index in [1.54, 1.807) is 0 Å². The van der Waals surface area contributed by atoms with Gasteiger partial charge in [-0.15, -0.1) is 0 Å². The molecule has 0 radical (unpaired) electrons. The quantitative estimate of drug-likeness (QED) is 0.926. The maximum Gasteiger partial charge on any atom is 0.236 e. The van der Waals surface area contributed by atoms with Crippen LogP contribution in [-0.2, 0) is 4.79 Å². The Labute approximate surface area is 146 Å². The van der Waals surface area contributed by atoms with Crippen molar-refractivity contribution in [2.24, 2.45) is 5.89 Å². The minimum atomic E-state index is -3.00. The summed E-state index contributed by atoms with van der Waals surface area (Å²) in [6.07, 6.45) is -0.656. The smallest absolute Gasteiger partial charge is 0.236 e. The Kier molecular flexibility index (Phi) is 2.25. The number of H-pyrrole nitrogens is 1. The first-order valence-electron chi connectivity index (χ1n) is 11.0. The molecule has 1 aliphatic rings. The van der Waals surface area contributed by atoms with Crippen molar-refractivity contribution in [2.45, 2.75) is 25.7 Å². The molecule has 23 heavy (non-hydrogen) atoms. The van der Waals surface area contributed by atoms with E-state index in [1.165, 1.54) is 19.2 Å². The molecular weight excluding hydrogens is 292 g/mol. The molecule has 0 unspecified atom stereocenters. The third-order valence-corrected chi connectivity index (χ3v) is 3.77. The largest absolute Gasteiger partial charge is 0.354 e. The number of anilines is 1. The third-order valence-electron chi connectivity index (χ3n) is 3.77. The Hall–Kier alpha value is -2.62. The highest BCUT2D eigenvalue weighted by Crippen LogP contribution is 2.28. The minimum absolute atomic E-state index is 0.0388. The van der Waals surface area contributed by atoms with Gasteiger partial charge in [-0.25, -0.2) is 9.97 Å². The zero-order valence-electron chi connectivity index (χ0n) is 20.4. The van der Waals surface area contributed by atoms with Gasteiger partial charge in [0.1, 0.15) is 24.2 Å². The summed E-state index contributed by atoms with van der Waals surface area (Å²) in [5, 5.41) is 9.01. The molecule has 7 heteroatoms. The number of nitriles is 1. The Balaban J connectivity index is 2.20. The van der Waals surface area contributed by atoms with Crippen LogP contribution in [0.4, 0.5) is 5.82 Å². The van der Waals surface area contributed by atoms with E-state index < -0.39 is 37.7 Å². The molecule has 1 aliphatic heterocycles. The van der Waals surface area contributed by atoms with Crippen LogP contribution in [0.2, 0.25) is 0 Å². The maximum absolute atomic E-state index is 12.5. The molecule has 1 saturated heterocycles. The standard InChI is InChI=1S/C16H20N6O/c1-11-5-8-22(14(23)3-6-17)9-13(11)21(2)16-12-4-7-18-15(12)19-10-20-16/h4,7,10-11,13H,3,5,8-9H2,1-2H3,(H,18,19,20)/t11-,13+/m1/s1/i2D3,3D2,4D,11D,13D. The highest BCUT2D eigenvalue weighted by molar-refractivity contribution is 5.87. The predicted molar refractivity (Wildman–Crippen MR) is 86.7 cm³/mol. The summed E-state index contributed by atoms with van der Waals surface area (Å²) in [4.78, 5) is 24.7. The molecular formula is C16H20N6O. The Morgan fingerprint density at radius 2 is 2.65 bits per heavy atom. The van der Waals surface area contributed by atoms with Gasteiger partial charge in [0, 0.05) is 31.7 Å². The second-order valence-corrected chi connectivity index (χ2v) is 5.13. The molecule has 0 bridgehead atoms. The van der Waals surface area contributed by atoms with Gasteiger partial charge in [-0.2, -0.15) is 5.26 Å². The molecule has 0 aromatic carbocycles. The van der Waals surface area contributed by atoms with E-state index in [9.17, 15) is 4.79 Å². The van der Waals surface area contributed by atoms with Gasteiger partial charge < -0.3 is 14.8 Å². The van der Waals surface area contributed by atoms with E-state index in [4.69, 9.17) is 16.2 Å². The van der Waals surface area contributed by atoms with Crippen molar-refractivity contribution in [2.75, 3.05) is 25.0 Å². The number of carbonyl (C=O) groups excluding carboxylic acids is 1. The topological polar surface area (TPSA) is 88.9 Å². The van der Waals surface area contributed by atoms with Crippen molar-refractivity contribution >= 4 is 22.8 Å². The number of hydrogen-bond acceptors (Lipinski definition) is 5. The molecule has 7 nitrogen and oxygen atoms in total. The number of piperidine rings is 1. The summed E-state index contributed by atoms with van der Waals surface area (Å²) in [6, 6.07) is -1.16. The number of aromatic nitrogens is 3. The zero-order chi connectivity index (χ0) is 23.4. The van der Waals surface area contributed by atoms with Crippen LogP contribution in [0.25, 0.3) is 11.0 Å². The van der Waals surface area contributed by atoms with Crippen molar-refractivity contribution in [3.8, 4) is 6.07 Å². The second-order valence-electron chi connectivity index (χ2n) is 5.13. The summed E-state index contributed by atoms with van der Waals surface area (Å²) in [5.74, 6) is -3.21. The zero-order valence-corrected chi connectivity index (χ0v) is 12.4. The molecule has 1 N–H and O–H groups in total. The van der Waals surface area contributed by atoms with E-state index in [0.29, 0.717) is 4.90 Å². The molecule has 3 heterocycles. The fourth-order valence-corrected chi connectivity index (χ4v) is 2.50. The summed E-state index contributed by atoms with van der Waals surface area (Å²) >= 11 is 0. The number of likely N-dealkylation sites (tertiary alicyclic amines) is 1. The van der Waals surface area contributed by atoms with Gasteiger partial charge in [0.15, 0.2) is 0 Å². The number of hydrogen-bond donors (Lipinski definition) is 1. The first-order valence-corrected chi connectivity index (χ1v) is 6.95. The lowest BCUT2D eigenvalue weighted by molar-refractivity contribution is -0.131. The van der Waals surface area contributed by atoms with Crippen LogP contribution in [0.1, 0.15) is 30.7 Å². The molecule has 3 rings (SSSR count). The number of rotatable bonds is 3. The summed E-state index contributed by atoms with van der Waals surface area (Å²) in [5.41, 5.74) is 0.170. The lowest BCUT2D eigenvalue weighted by Gasteiger charge is -2.42. The Morgan fingerprint density at radius 1 is 1.78 bits per heavy atom. The van der Waals surface area contributed by atoms with Crippen LogP contribution >= 0.6 is 0 Å². The van der Waals surface area contributed by atoms with Gasteiger partial charge in [0.25, 0.3) is 0 Å². The minimum Gasteiger partial charge on any atom is -0.354 e. The first kappa shape index (κ1) is 8.29. The number of aromatic amines is 1. The van der Waals surface area contributed by atoms with Crippen LogP contribution in [0.5, 0.6) is 0 Å². The average Bonchev–Trinajstić information content (AvgIpc) is 3.04. The van der Waals surface area contributed by atoms with Crippen molar-refractivity contribution in [3.05, 3.63) is 18.6 Å². The van der Waals surface area contributed by atoms with Crippen molar-refractivity contribution in [1.82, 2.24) is 19.9 Å². The number of nitrogens with zero attached hydrogens (tertiary/aromatic N) is 5. The molecule has 2 aromatic rings. The SMILES string of the molecule is [2H]c1c[nH]c2ncnc(N(C([2H])([2H])[2H])[C@@]3([2H])CN(C(=O)C([2H])([2H])C#N)CC[C@@]3([2H])C)c12. The van der Waals surface area contributed by atoms with Crippen molar-refractivity contribution < 1.29 is 15.8 Å². The Morgan fingerprint density at radius 3 is 3.43 bits per heavy atom. The van der Waals surface area contributed by atoms with Crippen LogP contribution in [0, 0.1) is 17.2 Å². The van der Waals surface area contributed by atoms with E-state index in [-0.39, 0.29) is 35.9 Å². The van der Waals surface area contributed by atoms with Crippen LogP contribution in [0.15, 0.2) is 18.6 Å². The third kappa shape index (κ3) is 2.84. The van der Waals surface area contributed by atoms with Gasteiger partial charge in [-0.05, 0) is 18.4 Å². The molecule has 0 saturated carbocycles. The number of nitrogens with one attached hydrogen (secondary N) is 1. The molecule has 1 amide bonds. The van der Waals surface area contributed by atoms with Crippen molar-refractivity contribution in [3.63, 3.8) is 0 Å². The average molecular weight is 320 g/mol. The molecule has 2 atom stereocenters. The highest BCUT2D eigenvalue weighted by Gasteiger charge is 2.32. The van der Waals surface area contributed by atoms with E-state index in [2.05, 4.69) is 15.0 Å².